The van der Waals surface area contributed by atoms with Gasteiger partial charge in [0.25, 0.3) is 0 Å². The molecule has 0 aromatic carbocycles. The van der Waals surface area contributed by atoms with Crippen molar-refractivity contribution >= 4 is 0 Å². The molecular formula is C15H30N2O. The highest BCUT2D eigenvalue weighted by Crippen LogP contribution is 2.39. The van der Waals surface area contributed by atoms with Crippen molar-refractivity contribution in [3.05, 3.63) is 0 Å². The largest absolute Gasteiger partial charge is 0.390 e. The zero-order valence-corrected chi connectivity index (χ0v) is 12.4. The van der Waals surface area contributed by atoms with E-state index in [1.165, 1.54) is 19.3 Å². The lowest BCUT2D eigenvalue weighted by Crippen LogP contribution is -2.56. The maximum Gasteiger partial charge on any atom is 0.0689 e. The second-order valence-corrected chi connectivity index (χ2v) is 6.31. The van der Waals surface area contributed by atoms with Crippen LogP contribution in [0.15, 0.2) is 0 Å². The van der Waals surface area contributed by atoms with E-state index in [9.17, 15) is 5.11 Å². The van der Waals surface area contributed by atoms with Crippen LogP contribution in [0.25, 0.3) is 0 Å². The molecule has 3 nitrogen and oxygen atoms in total. The van der Waals surface area contributed by atoms with Crippen LogP contribution in [0.4, 0.5) is 0 Å². The molecule has 2 aliphatic rings. The topological polar surface area (TPSA) is 26.7 Å². The molecule has 2 aliphatic heterocycles. The summed E-state index contributed by atoms with van der Waals surface area (Å²) in [5.41, 5.74) is -0.398. The minimum Gasteiger partial charge on any atom is -0.390 e. The van der Waals surface area contributed by atoms with E-state index in [2.05, 4.69) is 30.7 Å². The molecule has 0 spiro atoms. The molecule has 0 saturated carbocycles. The van der Waals surface area contributed by atoms with Crippen LogP contribution < -0.4 is 0 Å². The average molecular weight is 254 g/mol. The van der Waals surface area contributed by atoms with E-state index >= 15 is 0 Å². The van der Waals surface area contributed by atoms with Gasteiger partial charge in [0.05, 0.1) is 5.60 Å². The van der Waals surface area contributed by atoms with E-state index < -0.39 is 5.60 Å². The molecule has 2 atom stereocenters. The van der Waals surface area contributed by atoms with Crippen LogP contribution in [0.5, 0.6) is 0 Å². The Morgan fingerprint density at radius 3 is 2.22 bits per heavy atom. The van der Waals surface area contributed by atoms with Gasteiger partial charge >= 0.3 is 0 Å². The zero-order chi connectivity index (χ0) is 13.2. The van der Waals surface area contributed by atoms with Crippen LogP contribution in [-0.4, -0.2) is 59.3 Å². The molecule has 0 aromatic heterocycles. The Balaban J connectivity index is 1.91. The Bertz CT molecular complexity index is 251. The molecule has 2 fully saturated rings. The quantitative estimate of drug-likeness (QED) is 0.814. The fourth-order valence-corrected chi connectivity index (χ4v) is 3.86. The highest BCUT2D eigenvalue weighted by Gasteiger charge is 2.43. The first-order chi connectivity index (χ1) is 8.58. The molecule has 2 bridgehead atoms. The van der Waals surface area contributed by atoms with Crippen LogP contribution in [0, 0.1) is 0 Å². The molecule has 0 radical (unpaired) electrons. The SMILES string of the molecule is CCN(CC)CCC1(O)CC2CCCC(C1)N2C. The van der Waals surface area contributed by atoms with Gasteiger partial charge in [0.2, 0.25) is 0 Å². The van der Waals surface area contributed by atoms with E-state index in [0.29, 0.717) is 12.1 Å². The number of hydrogen-bond acceptors (Lipinski definition) is 3. The second-order valence-electron chi connectivity index (χ2n) is 6.31. The highest BCUT2D eigenvalue weighted by atomic mass is 16.3. The Morgan fingerprint density at radius 2 is 1.72 bits per heavy atom. The van der Waals surface area contributed by atoms with Crippen LogP contribution >= 0.6 is 0 Å². The van der Waals surface area contributed by atoms with Crippen molar-refractivity contribution in [2.75, 3.05) is 26.7 Å². The Morgan fingerprint density at radius 1 is 1.17 bits per heavy atom. The molecule has 2 heterocycles. The van der Waals surface area contributed by atoms with Crippen molar-refractivity contribution in [1.29, 1.82) is 0 Å². The van der Waals surface area contributed by atoms with E-state index in [4.69, 9.17) is 0 Å². The number of aliphatic hydroxyl groups is 1. The van der Waals surface area contributed by atoms with Crippen LogP contribution in [0.2, 0.25) is 0 Å². The van der Waals surface area contributed by atoms with Gasteiger partial charge in [0.1, 0.15) is 0 Å². The highest BCUT2D eigenvalue weighted by molar-refractivity contribution is 4.98. The number of hydrogen-bond donors (Lipinski definition) is 1. The van der Waals surface area contributed by atoms with Crippen molar-refractivity contribution < 1.29 is 5.11 Å². The summed E-state index contributed by atoms with van der Waals surface area (Å²) in [7, 11) is 2.25. The second kappa shape index (κ2) is 5.89. The molecule has 106 valence electrons. The molecule has 0 aliphatic carbocycles. The zero-order valence-electron chi connectivity index (χ0n) is 12.4. The lowest BCUT2D eigenvalue weighted by Gasteiger charge is -2.51. The summed E-state index contributed by atoms with van der Waals surface area (Å²) in [5, 5.41) is 10.9. The summed E-state index contributed by atoms with van der Waals surface area (Å²) < 4.78 is 0. The molecule has 0 amide bonds. The van der Waals surface area contributed by atoms with Crippen molar-refractivity contribution in [3.8, 4) is 0 Å². The van der Waals surface area contributed by atoms with Crippen molar-refractivity contribution in [2.24, 2.45) is 0 Å². The van der Waals surface area contributed by atoms with Gasteiger partial charge in [-0.1, -0.05) is 20.3 Å². The lowest BCUT2D eigenvalue weighted by molar-refractivity contribution is -0.0897. The molecule has 1 N–H and O–H groups in total. The molecule has 2 rings (SSSR count). The molecule has 2 saturated heterocycles. The third kappa shape index (κ3) is 3.06. The van der Waals surface area contributed by atoms with Crippen LogP contribution in [0.1, 0.15) is 52.4 Å². The van der Waals surface area contributed by atoms with Gasteiger partial charge < -0.3 is 14.9 Å². The van der Waals surface area contributed by atoms with E-state index in [1.807, 2.05) is 0 Å². The molecule has 3 heteroatoms. The van der Waals surface area contributed by atoms with Gasteiger partial charge in [0.15, 0.2) is 0 Å². The van der Waals surface area contributed by atoms with E-state index in [1.54, 1.807) is 0 Å². The number of rotatable bonds is 5. The minimum atomic E-state index is -0.398. The third-order valence-corrected chi connectivity index (χ3v) is 5.25. The van der Waals surface area contributed by atoms with E-state index in [0.717, 1.165) is 38.9 Å². The number of nitrogens with zero attached hydrogens (tertiary/aromatic N) is 2. The maximum atomic E-state index is 10.9. The molecule has 18 heavy (non-hydrogen) atoms. The Labute approximate surface area is 112 Å². The summed E-state index contributed by atoms with van der Waals surface area (Å²) in [6, 6.07) is 1.25. The van der Waals surface area contributed by atoms with Gasteiger partial charge in [-0.05, 0) is 52.2 Å². The predicted molar refractivity (Wildman–Crippen MR) is 75.8 cm³/mol. The smallest absolute Gasteiger partial charge is 0.0689 e. The van der Waals surface area contributed by atoms with Gasteiger partial charge in [0, 0.05) is 18.6 Å². The Kier molecular flexibility index (Phi) is 4.68. The minimum absolute atomic E-state index is 0.398. The fourth-order valence-electron chi connectivity index (χ4n) is 3.86. The molecule has 2 unspecified atom stereocenters. The van der Waals surface area contributed by atoms with Gasteiger partial charge in [-0.3, -0.25) is 0 Å². The van der Waals surface area contributed by atoms with Crippen LogP contribution in [-0.2, 0) is 0 Å². The summed E-state index contributed by atoms with van der Waals surface area (Å²) in [6.45, 7) is 7.65. The standard InChI is InChI=1S/C15H30N2O/c1-4-17(5-2)10-9-15(18)11-13-7-6-8-14(12-15)16(13)3/h13-14,18H,4-12H2,1-3H3. The predicted octanol–water partition coefficient (Wildman–Crippen LogP) is 2.10. The summed E-state index contributed by atoms with van der Waals surface area (Å²) >= 11 is 0. The number of fused-ring (bicyclic) bond motifs is 2. The van der Waals surface area contributed by atoms with E-state index in [-0.39, 0.29) is 0 Å². The molecule has 0 aromatic rings. The first kappa shape index (κ1) is 14.3. The van der Waals surface area contributed by atoms with Gasteiger partial charge in [-0.25, -0.2) is 0 Å². The third-order valence-electron chi connectivity index (χ3n) is 5.25. The summed E-state index contributed by atoms with van der Waals surface area (Å²) in [4.78, 5) is 4.95. The average Bonchev–Trinajstić information content (AvgIpc) is 2.33. The first-order valence-corrected chi connectivity index (χ1v) is 7.74. The van der Waals surface area contributed by atoms with Gasteiger partial charge in [-0.15, -0.1) is 0 Å². The van der Waals surface area contributed by atoms with Crippen molar-refractivity contribution in [1.82, 2.24) is 9.80 Å². The van der Waals surface area contributed by atoms with Crippen molar-refractivity contribution in [2.45, 2.75) is 70.1 Å². The normalized spacial score (nSPS) is 37.2. The summed E-state index contributed by atoms with van der Waals surface area (Å²) in [5.74, 6) is 0. The molecular weight excluding hydrogens is 224 g/mol. The Hall–Kier alpha value is -0.120. The number of piperidine rings is 2. The monoisotopic (exact) mass is 254 g/mol. The fraction of sp³-hybridized carbons (Fsp3) is 1.00. The lowest BCUT2D eigenvalue weighted by atomic mass is 9.74. The van der Waals surface area contributed by atoms with Gasteiger partial charge in [-0.2, -0.15) is 0 Å². The first-order valence-electron chi connectivity index (χ1n) is 7.74. The van der Waals surface area contributed by atoms with Crippen LogP contribution in [0.3, 0.4) is 0 Å². The maximum absolute atomic E-state index is 10.9. The summed E-state index contributed by atoms with van der Waals surface area (Å²) in [6.07, 6.45) is 6.84. The van der Waals surface area contributed by atoms with Crippen molar-refractivity contribution in [3.63, 3.8) is 0 Å².